The molecule has 0 bridgehead atoms. The molecule has 0 aliphatic rings. The van der Waals surface area contributed by atoms with E-state index in [1.165, 1.54) is 12.4 Å². The van der Waals surface area contributed by atoms with Crippen molar-refractivity contribution in [1.29, 1.82) is 0 Å². The number of aromatic nitrogens is 3. The average molecular weight is 286 g/mol. The van der Waals surface area contributed by atoms with Crippen LogP contribution < -0.4 is 10.9 Å². The molecule has 2 N–H and O–H groups in total. The van der Waals surface area contributed by atoms with Crippen LogP contribution in [0.15, 0.2) is 35.5 Å². The highest BCUT2D eigenvalue weighted by Crippen LogP contribution is 2.27. The van der Waals surface area contributed by atoms with Crippen LogP contribution in [0.4, 0.5) is 18.9 Å². The molecule has 0 unspecified atom stereocenters. The number of halogens is 3. The third-order valence-electron chi connectivity index (χ3n) is 2.41. The Bertz CT molecular complexity index is 661. The van der Waals surface area contributed by atoms with Crippen molar-refractivity contribution >= 4 is 11.6 Å². The van der Waals surface area contributed by atoms with Crippen LogP contribution in [0, 0.1) is 0 Å². The molecule has 2 rings (SSSR count). The van der Waals surface area contributed by atoms with E-state index >= 15 is 0 Å². The van der Waals surface area contributed by atoms with Crippen LogP contribution in [0.25, 0.3) is 0 Å². The molecule has 0 atom stereocenters. The van der Waals surface area contributed by atoms with Gasteiger partial charge in [0.15, 0.2) is 0 Å². The van der Waals surface area contributed by atoms with Gasteiger partial charge in [0, 0.05) is 18.5 Å². The number of anilines is 1. The molecule has 2 heterocycles. The first-order chi connectivity index (χ1) is 9.36. The number of H-pyrrole nitrogens is 1. The molecule has 0 fully saturated rings. The van der Waals surface area contributed by atoms with E-state index in [-0.39, 0.29) is 0 Å². The van der Waals surface area contributed by atoms with Gasteiger partial charge in [0.1, 0.15) is 6.54 Å². The van der Waals surface area contributed by atoms with Gasteiger partial charge in [-0.25, -0.2) is 0 Å². The minimum absolute atomic E-state index is 0.357. The molecule has 1 amide bonds. The molecule has 0 aliphatic carbocycles. The molecule has 20 heavy (non-hydrogen) atoms. The van der Waals surface area contributed by atoms with Gasteiger partial charge in [-0.1, -0.05) is 0 Å². The van der Waals surface area contributed by atoms with Crippen molar-refractivity contribution < 1.29 is 18.0 Å². The van der Waals surface area contributed by atoms with Gasteiger partial charge in [-0.05, 0) is 6.07 Å². The van der Waals surface area contributed by atoms with Crippen LogP contribution in [0.5, 0.6) is 0 Å². The van der Waals surface area contributed by atoms with Gasteiger partial charge in [0.25, 0.3) is 5.56 Å². The number of amides is 1. The molecular weight excluding hydrogens is 277 g/mol. The summed E-state index contributed by atoms with van der Waals surface area (Å²) >= 11 is 0. The topological polar surface area (TPSA) is 79.8 Å². The highest BCUT2D eigenvalue weighted by atomic mass is 19.4. The monoisotopic (exact) mass is 286 g/mol. The van der Waals surface area contributed by atoms with Crippen molar-refractivity contribution in [3.63, 3.8) is 0 Å². The minimum atomic E-state index is -4.57. The number of nitrogens with zero attached hydrogens (tertiary/aromatic N) is 2. The largest absolute Gasteiger partial charge is 0.417 e. The molecular formula is C11H9F3N4O2. The fourth-order valence-corrected chi connectivity index (χ4v) is 1.50. The van der Waals surface area contributed by atoms with Gasteiger partial charge in [-0.3, -0.25) is 14.7 Å². The Morgan fingerprint density at radius 2 is 2.15 bits per heavy atom. The number of rotatable bonds is 3. The van der Waals surface area contributed by atoms with Crippen molar-refractivity contribution in [2.75, 3.05) is 5.32 Å². The first kappa shape index (κ1) is 13.8. The van der Waals surface area contributed by atoms with Crippen LogP contribution >= 0.6 is 0 Å². The van der Waals surface area contributed by atoms with Crippen LogP contribution in [-0.2, 0) is 17.5 Å². The summed E-state index contributed by atoms with van der Waals surface area (Å²) in [4.78, 5) is 23.0. The molecule has 6 nitrogen and oxygen atoms in total. The quantitative estimate of drug-likeness (QED) is 0.890. The Morgan fingerprint density at radius 3 is 2.75 bits per heavy atom. The fourth-order valence-electron chi connectivity index (χ4n) is 1.50. The number of nitrogens with one attached hydrogen (secondary N) is 2. The summed E-state index contributed by atoms with van der Waals surface area (Å²) in [7, 11) is 0. The second-order valence-electron chi connectivity index (χ2n) is 3.92. The molecule has 0 spiro atoms. The van der Waals surface area contributed by atoms with Gasteiger partial charge in [-0.15, -0.1) is 0 Å². The van der Waals surface area contributed by atoms with E-state index in [9.17, 15) is 22.8 Å². The zero-order valence-corrected chi connectivity index (χ0v) is 9.94. The zero-order valence-electron chi connectivity index (χ0n) is 9.94. The molecule has 2 aromatic heterocycles. The maximum Gasteiger partial charge on any atom is 0.417 e. The predicted molar refractivity (Wildman–Crippen MR) is 62.9 cm³/mol. The van der Waals surface area contributed by atoms with Crippen LogP contribution in [0.1, 0.15) is 5.56 Å². The summed E-state index contributed by atoms with van der Waals surface area (Å²) in [6.07, 6.45) is -1.24. The second kappa shape index (κ2) is 5.19. The Hall–Kier alpha value is -2.58. The Kier molecular flexibility index (Phi) is 3.59. The average Bonchev–Trinajstić information content (AvgIpc) is 2.83. The normalized spacial score (nSPS) is 11.3. The lowest BCUT2D eigenvalue weighted by Crippen LogP contribution is -2.28. The predicted octanol–water partition coefficient (Wildman–Crippen LogP) is 1.23. The Labute approximate surface area is 110 Å². The Balaban J connectivity index is 2.16. The summed E-state index contributed by atoms with van der Waals surface area (Å²) in [5.41, 5.74) is -1.33. The molecule has 0 radical (unpaired) electrons. The summed E-state index contributed by atoms with van der Waals surface area (Å²) in [5, 5.41) is 8.43. The van der Waals surface area contributed by atoms with E-state index < -0.39 is 29.8 Å². The number of aromatic amines is 1. The smallest absolute Gasteiger partial charge is 0.322 e. The van der Waals surface area contributed by atoms with E-state index in [0.29, 0.717) is 22.5 Å². The summed E-state index contributed by atoms with van der Waals surface area (Å²) in [5.74, 6) is -0.632. The number of hydrogen-bond acceptors (Lipinski definition) is 3. The van der Waals surface area contributed by atoms with Gasteiger partial charge >= 0.3 is 6.18 Å². The number of carbonyl (C=O) groups excluding carboxylic acids is 1. The lowest BCUT2D eigenvalue weighted by molar-refractivity contribution is -0.138. The van der Waals surface area contributed by atoms with E-state index in [4.69, 9.17) is 0 Å². The third-order valence-corrected chi connectivity index (χ3v) is 2.41. The summed E-state index contributed by atoms with van der Waals surface area (Å²) < 4.78 is 38.2. The van der Waals surface area contributed by atoms with E-state index in [0.717, 1.165) is 6.07 Å². The van der Waals surface area contributed by atoms with Crippen LogP contribution in [-0.4, -0.2) is 20.7 Å². The van der Waals surface area contributed by atoms with Crippen molar-refractivity contribution in [3.8, 4) is 0 Å². The molecule has 106 valence electrons. The fraction of sp³-hybridized carbons (Fsp3) is 0.182. The summed E-state index contributed by atoms with van der Waals surface area (Å²) in [6, 6.07) is 1.45. The molecule has 0 aromatic carbocycles. The first-order valence-corrected chi connectivity index (χ1v) is 5.42. The highest BCUT2D eigenvalue weighted by Gasteiger charge is 2.31. The molecule has 9 heteroatoms. The van der Waals surface area contributed by atoms with Gasteiger partial charge < -0.3 is 9.88 Å². The maximum absolute atomic E-state index is 12.5. The number of alkyl halides is 3. The lowest BCUT2D eigenvalue weighted by atomic mass is 10.3. The molecule has 0 saturated heterocycles. The number of pyridine rings is 1. The molecule has 0 aliphatic heterocycles. The van der Waals surface area contributed by atoms with E-state index in [1.54, 1.807) is 0 Å². The van der Waals surface area contributed by atoms with E-state index in [2.05, 4.69) is 15.5 Å². The maximum atomic E-state index is 12.5. The highest BCUT2D eigenvalue weighted by molar-refractivity contribution is 5.90. The van der Waals surface area contributed by atoms with E-state index in [1.807, 2.05) is 0 Å². The minimum Gasteiger partial charge on any atom is -0.322 e. The molecule has 0 saturated carbocycles. The lowest BCUT2D eigenvalue weighted by Gasteiger charge is -2.10. The van der Waals surface area contributed by atoms with Crippen molar-refractivity contribution in [2.24, 2.45) is 0 Å². The number of carbonyl (C=O) groups is 1. The van der Waals surface area contributed by atoms with Gasteiger partial charge in [-0.2, -0.15) is 18.3 Å². The Morgan fingerprint density at radius 1 is 1.40 bits per heavy atom. The SMILES string of the molecule is O=C(Cn1cc(C(F)(F)F)ccc1=O)Nc1cn[nH]c1. The summed E-state index contributed by atoms with van der Waals surface area (Å²) in [6.45, 7) is -0.520. The van der Waals surface area contributed by atoms with Gasteiger partial charge in [0.05, 0.1) is 17.4 Å². The number of hydrogen-bond donors (Lipinski definition) is 2. The van der Waals surface area contributed by atoms with Crippen molar-refractivity contribution in [1.82, 2.24) is 14.8 Å². The van der Waals surface area contributed by atoms with Crippen LogP contribution in [0.3, 0.4) is 0 Å². The van der Waals surface area contributed by atoms with Crippen molar-refractivity contribution in [3.05, 3.63) is 46.6 Å². The zero-order chi connectivity index (χ0) is 14.8. The molecule has 2 aromatic rings. The second-order valence-corrected chi connectivity index (χ2v) is 3.92. The van der Waals surface area contributed by atoms with Gasteiger partial charge in [0.2, 0.25) is 5.91 Å². The third kappa shape index (κ3) is 3.25. The first-order valence-electron chi connectivity index (χ1n) is 5.42. The standard InChI is InChI=1S/C11H9F3N4O2/c12-11(13,14)7-1-2-10(20)18(5-7)6-9(19)17-8-3-15-16-4-8/h1-5H,6H2,(H,15,16)(H,17,19). The van der Waals surface area contributed by atoms with Crippen LogP contribution in [0.2, 0.25) is 0 Å². The van der Waals surface area contributed by atoms with Crippen molar-refractivity contribution in [2.45, 2.75) is 12.7 Å².